The number of esters is 1. The number of H-pyrrole nitrogens is 1. The summed E-state index contributed by atoms with van der Waals surface area (Å²) in [7, 11) is 0. The first-order valence-corrected chi connectivity index (χ1v) is 5.93. The summed E-state index contributed by atoms with van der Waals surface area (Å²) in [5.74, 6) is 0.958. The van der Waals surface area contributed by atoms with Gasteiger partial charge in [0.25, 0.3) is 0 Å². The predicted molar refractivity (Wildman–Crippen MR) is 65.6 cm³/mol. The standard InChI is InChI=1S/C11H13N3O3S/c1-2-16-10(15)6-9-12-13-11(18)14(9)7-8-4-3-5-17-8/h3-5H,2,6-7H2,1H3,(H,13,18). The Morgan fingerprint density at radius 1 is 1.67 bits per heavy atom. The molecule has 1 N–H and O–H groups in total. The van der Waals surface area contributed by atoms with Gasteiger partial charge in [0.05, 0.1) is 19.4 Å². The van der Waals surface area contributed by atoms with E-state index in [4.69, 9.17) is 21.4 Å². The molecule has 6 nitrogen and oxygen atoms in total. The van der Waals surface area contributed by atoms with Crippen LogP contribution in [0.2, 0.25) is 0 Å². The van der Waals surface area contributed by atoms with Gasteiger partial charge in [-0.1, -0.05) is 0 Å². The lowest BCUT2D eigenvalue weighted by molar-refractivity contribution is -0.142. The van der Waals surface area contributed by atoms with Crippen molar-refractivity contribution in [2.24, 2.45) is 0 Å². The number of ether oxygens (including phenoxy) is 1. The van der Waals surface area contributed by atoms with Gasteiger partial charge in [0, 0.05) is 0 Å². The highest BCUT2D eigenvalue weighted by atomic mass is 32.1. The second-order valence-corrected chi connectivity index (χ2v) is 3.98. The van der Waals surface area contributed by atoms with Crippen molar-refractivity contribution in [1.82, 2.24) is 14.8 Å². The van der Waals surface area contributed by atoms with Crippen LogP contribution in [0, 0.1) is 4.77 Å². The van der Waals surface area contributed by atoms with Gasteiger partial charge in [-0.05, 0) is 31.3 Å². The van der Waals surface area contributed by atoms with Crippen molar-refractivity contribution in [3.05, 3.63) is 34.8 Å². The molecule has 96 valence electrons. The van der Waals surface area contributed by atoms with Gasteiger partial charge in [-0.3, -0.25) is 14.5 Å². The molecular weight excluding hydrogens is 254 g/mol. The van der Waals surface area contributed by atoms with Crippen molar-refractivity contribution in [3.8, 4) is 0 Å². The fourth-order valence-corrected chi connectivity index (χ4v) is 1.76. The molecule has 2 aromatic rings. The van der Waals surface area contributed by atoms with Gasteiger partial charge in [0.15, 0.2) is 4.77 Å². The lowest BCUT2D eigenvalue weighted by atomic mass is 10.4. The largest absolute Gasteiger partial charge is 0.467 e. The van der Waals surface area contributed by atoms with Crippen LogP contribution in [0.5, 0.6) is 0 Å². The lowest BCUT2D eigenvalue weighted by Crippen LogP contribution is -2.13. The molecule has 2 heterocycles. The van der Waals surface area contributed by atoms with Gasteiger partial charge in [0.1, 0.15) is 18.0 Å². The maximum absolute atomic E-state index is 11.4. The SMILES string of the molecule is CCOC(=O)Cc1n[nH]c(=S)n1Cc1ccco1. The van der Waals surface area contributed by atoms with E-state index in [1.807, 2.05) is 6.07 Å². The highest BCUT2D eigenvalue weighted by Gasteiger charge is 2.13. The third-order valence-corrected chi connectivity index (χ3v) is 2.65. The van der Waals surface area contributed by atoms with E-state index in [2.05, 4.69) is 10.2 Å². The third-order valence-electron chi connectivity index (χ3n) is 2.34. The number of aromatic amines is 1. The molecule has 0 spiro atoms. The summed E-state index contributed by atoms with van der Waals surface area (Å²) in [5.41, 5.74) is 0. The average Bonchev–Trinajstić information content (AvgIpc) is 2.94. The lowest BCUT2D eigenvalue weighted by Gasteiger charge is -2.04. The first kappa shape index (κ1) is 12.6. The highest BCUT2D eigenvalue weighted by Crippen LogP contribution is 2.07. The zero-order chi connectivity index (χ0) is 13.0. The number of carbonyl (C=O) groups is 1. The normalized spacial score (nSPS) is 10.5. The Labute approximate surface area is 109 Å². The molecule has 0 unspecified atom stereocenters. The first-order chi connectivity index (χ1) is 8.70. The summed E-state index contributed by atoms with van der Waals surface area (Å²) in [6.45, 7) is 2.55. The van der Waals surface area contributed by atoms with E-state index in [1.54, 1.807) is 23.8 Å². The van der Waals surface area contributed by atoms with E-state index in [0.29, 0.717) is 23.7 Å². The van der Waals surface area contributed by atoms with Crippen LogP contribution < -0.4 is 0 Å². The summed E-state index contributed by atoms with van der Waals surface area (Å²) in [5, 5.41) is 6.69. The molecule has 7 heteroatoms. The molecular formula is C11H13N3O3S. The Morgan fingerprint density at radius 3 is 3.17 bits per heavy atom. The van der Waals surface area contributed by atoms with Crippen LogP contribution >= 0.6 is 12.2 Å². The van der Waals surface area contributed by atoms with E-state index in [0.717, 1.165) is 5.76 Å². The third kappa shape index (κ3) is 2.86. The molecule has 2 rings (SSSR count). The van der Waals surface area contributed by atoms with Crippen LogP contribution in [0.4, 0.5) is 0 Å². The molecule has 0 saturated heterocycles. The molecule has 0 aliphatic rings. The molecule has 0 atom stereocenters. The van der Waals surface area contributed by atoms with Crippen molar-refractivity contribution < 1.29 is 13.9 Å². The topological polar surface area (TPSA) is 73.0 Å². The van der Waals surface area contributed by atoms with Gasteiger partial charge in [-0.2, -0.15) is 5.10 Å². The first-order valence-electron chi connectivity index (χ1n) is 5.52. The minimum Gasteiger partial charge on any atom is -0.467 e. The van der Waals surface area contributed by atoms with Crippen LogP contribution in [-0.4, -0.2) is 27.3 Å². The number of nitrogens with zero attached hydrogens (tertiary/aromatic N) is 2. The smallest absolute Gasteiger partial charge is 0.313 e. The number of furan rings is 1. The molecule has 0 amide bonds. The summed E-state index contributed by atoms with van der Waals surface area (Å²) in [6, 6.07) is 3.63. The maximum Gasteiger partial charge on any atom is 0.313 e. The second-order valence-electron chi connectivity index (χ2n) is 3.59. The van der Waals surface area contributed by atoms with Gasteiger partial charge < -0.3 is 9.15 Å². The molecule has 0 radical (unpaired) electrons. The van der Waals surface area contributed by atoms with Gasteiger partial charge in [0.2, 0.25) is 0 Å². The molecule has 0 aromatic carbocycles. The van der Waals surface area contributed by atoms with Crippen molar-refractivity contribution in [2.75, 3.05) is 6.61 Å². The van der Waals surface area contributed by atoms with Crippen molar-refractivity contribution >= 4 is 18.2 Å². The summed E-state index contributed by atoms with van der Waals surface area (Å²) in [6.07, 6.45) is 1.67. The molecule has 2 aromatic heterocycles. The van der Waals surface area contributed by atoms with Crippen molar-refractivity contribution in [3.63, 3.8) is 0 Å². The zero-order valence-corrected chi connectivity index (χ0v) is 10.7. The van der Waals surface area contributed by atoms with E-state index < -0.39 is 0 Å². The van der Waals surface area contributed by atoms with E-state index in [1.165, 1.54) is 0 Å². The summed E-state index contributed by atoms with van der Waals surface area (Å²) < 4.78 is 12.3. The molecule has 0 saturated carbocycles. The molecule has 0 aliphatic heterocycles. The van der Waals surface area contributed by atoms with E-state index >= 15 is 0 Å². The van der Waals surface area contributed by atoms with E-state index in [9.17, 15) is 4.79 Å². The summed E-state index contributed by atoms with van der Waals surface area (Å²) in [4.78, 5) is 11.4. The molecule has 0 aliphatic carbocycles. The Bertz CT molecular complexity index is 571. The minimum absolute atomic E-state index is 0.0850. The van der Waals surface area contributed by atoms with E-state index in [-0.39, 0.29) is 12.4 Å². The molecule has 18 heavy (non-hydrogen) atoms. The Hall–Kier alpha value is -1.89. The quantitative estimate of drug-likeness (QED) is 0.659. The Kier molecular flexibility index (Phi) is 3.93. The number of hydrogen-bond donors (Lipinski definition) is 1. The summed E-state index contributed by atoms with van der Waals surface area (Å²) >= 11 is 5.11. The number of aromatic nitrogens is 3. The zero-order valence-electron chi connectivity index (χ0n) is 9.88. The van der Waals surface area contributed by atoms with Crippen LogP contribution in [0.3, 0.4) is 0 Å². The number of nitrogens with one attached hydrogen (secondary N) is 1. The monoisotopic (exact) mass is 267 g/mol. The minimum atomic E-state index is -0.327. The number of hydrogen-bond acceptors (Lipinski definition) is 5. The van der Waals surface area contributed by atoms with Gasteiger partial charge in [-0.15, -0.1) is 0 Å². The fourth-order valence-electron chi connectivity index (χ4n) is 1.55. The van der Waals surface area contributed by atoms with Crippen molar-refractivity contribution in [1.29, 1.82) is 0 Å². The van der Waals surface area contributed by atoms with Crippen LogP contribution in [0.25, 0.3) is 0 Å². The number of carbonyl (C=O) groups excluding carboxylic acids is 1. The van der Waals surface area contributed by atoms with Crippen molar-refractivity contribution in [2.45, 2.75) is 19.9 Å². The number of rotatable bonds is 5. The molecule has 0 bridgehead atoms. The van der Waals surface area contributed by atoms with Crippen LogP contribution in [0.1, 0.15) is 18.5 Å². The predicted octanol–water partition coefficient (Wildman–Crippen LogP) is 1.69. The van der Waals surface area contributed by atoms with Crippen LogP contribution in [-0.2, 0) is 22.5 Å². The highest BCUT2D eigenvalue weighted by molar-refractivity contribution is 7.71. The second kappa shape index (κ2) is 5.63. The van der Waals surface area contributed by atoms with Gasteiger partial charge >= 0.3 is 5.97 Å². The average molecular weight is 267 g/mol. The Morgan fingerprint density at radius 2 is 2.50 bits per heavy atom. The van der Waals surface area contributed by atoms with Gasteiger partial charge in [-0.25, -0.2) is 0 Å². The maximum atomic E-state index is 11.4. The fraction of sp³-hybridized carbons (Fsp3) is 0.364. The Balaban J connectivity index is 2.17. The molecule has 0 fully saturated rings. The van der Waals surface area contributed by atoms with Crippen LogP contribution in [0.15, 0.2) is 22.8 Å².